The minimum absolute atomic E-state index is 0.918. The van der Waals surface area contributed by atoms with E-state index in [1.165, 1.54) is 0 Å². The summed E-state index contributed by atoms with van der Waals surface area (Å²) in [5.41, 5.74) is 2.04. The van der Waals surface area contributed by atoms with Gasteiger partial charge in [-0.05, 0) is 35.6 Å². The molecule has 2 rings (SSSR count). The van der Waals surface area contributed by atoms with Gasteiger partial charge in [0, 0.05) is 5.69 Å². The normalized spacial score (nSPS) is 10.7. The molecule has 0 aliphatic heterocycles. The van der Waals surface area contributed by atoms with E-state index in [0.717, 1.165) is 20.4 Å². The van der Waals surface area contributed by atoms with Crippen LogP contribution in [0.15, 0.2) is 12.4 Å². The van der Waals surface area contributed by atoms with E-state index in [0.29, 0.717) is 0 Å². The van der Waals surface area contributed by atoms with Gasteiger partial charge in [0.1, 0.15) is 15.7 Å². The maximum absolute atomic E-state index is 4.09. The van der Waals surface area contributed by atoms with Gasteiger partial charge in [0.05, 0.1) is 5.39 Å². The Bertz CT molecular complexity index is 393. The van der Waals surface area contributed by atoms with E-state index in [1.54, 1.807) is 6.33 Å². The number of halogens is 1. The summed E-state index contributed by atoms with van der Waals surface area (Å²) >= 11 is 2.20. The van der Waals surface area contributed by atoms with Crippen LogP contribution in [0.3, 0.4) is 0 Å². The summed E-state index contributed by atoms with van der Waals surface area (Å²) in [6.45, 7) is 2.01. The molecule has 2 heterocycles. The fraction of sp³-hybridized carbons (Fsp3) is 0.143. The van der Waals surface area contributed by atoms with E-state index in [2.05, 4.69) is 43.6 Å². The topological polar surface area (TPSA) is 41.6 Å². The van der Waals surface area contributed by atoms with Crippen molar-refractivity contribution in [2.75, 3.05) is 0 Å². The van der Waals surface area contributed by atoms with E-state index >= 15 is 0 Å². The number of fused-ring (bicyclic) bond motifs is 1. The molecule has 0 atom stereocenters. The SMILES string of the molecule is Cc1cc2c(I)ncnc2[nH]1. The molecule has 2 aromatic heterocycles. The zero-order chi connectivity index (χ0) is 7.84. The average Bonchev–Trinajstić information content (AvgIpc) is 2.31. The number of hydrogen-bond acceptors (Lipinski definition) is 2. The number of aromatic amines is 1. The standard InChI is InChI=1S/C7H6IN3/c1-4-2-5-6(8)9-3-10-7(5)11-4/h2-3H,1H3,(H,9,10,11). The molecular formula is C7H6IN3. The molecular weight excluding hydrogens is 253 g/mol. The lowest BCUT2D eigenvalue weighted by atomic mass is 10.4. The van der Waals surface area contributed by atoms with E-state index in [9.17, 15) is 0 Å². The third kappa shape index (κ3) is 1.11. The molecule has 0 saturated heterocycles. The number of nitrogens with zero attached hydrogens (tertiary/aromatic N) is 2. The van der Waals surface area contributed by atoms with Crippen LogP contribution in [0.4, 0.5) is 0 Å². The van der Waals surface area contributed by atoms with Crippen molar-refractivity contribution in [2.45, 2.75) is 6.92 Å². The van der Waals surface area contributed by atoms with Crippen molar-refractivity contribution in [3.63, 3.8) is 0 Å². The predicted molar refractivity (Wildman–Crippen MR) is 51.3 cm³/mol. The van der Waals surface area contributed by atoms with Gasteiger partial charge >= 0.3 is 0 Å². The summed E-state index contributed by atoms with van der Waals surface area (Å²) in [4.78, 5) is 11.3. The average molecular weight is 259 g/mol. The summed E-state index contributed by atoms with van der Waals surface area (Å²) < 4.78 is 0.997. The molecule has 0 unspecified atom stereocenters. The predicted octanol–water partition coefficient (Wildman–Crippen LogP) is 1.87. The van der Waals surface area contributed by atoms with Crippen LogP contribution in [0.5, 0.6) is 0 Å². The molecule has 56 valence electrons. The first-order valence-corrected chi connectivity index (χ1v) is 4.31. The molecule has 0 aliphatic rings. The number of nitrogens with one attached hydrogen (secondary N) is 1. The molecule has 4 heteroatoms. The summed E-state index contributed by atoms with van der Waals surface area (Å²) in [5, 5.41) is 1.10. The zero-order valence-electron chi connectivity index (χ0n) is 5.93. The molecule has 2 aromatic rings. The van der Waals surface area contributed by atoms with Gasteiger partial charge in [-0.3, -0.25) is 0 Å². The maximum Gasteiger partial charge on any atom is 0.141 e. The molecule has 0 spiro atoms. The fourth-order valence-corrected chi connectivity index (χ4v) is 1.58. The highest BCUT2D eigenvalue weighted by atomic mass is 127. The zero-order valence-corrected chi connectivity index (χ0v) is 8.08. The van der Waals surface area contributed by atoms with E-state index < -0.39 is 0 Å². The Kier molecular flexibility index (Phi) is 1.56. The van der Waals surface area contributed by atoms with Crippen LogP contribution in [-0.2, 0) is 0 Å². The van der Waals surface area contributed by atoms with Gasteiger partial charge in [0.25, 0.3) is 0 Å². The Morgan fingerprint density at radius 3 is 3.00 bits per heavy atom. The first-order chi connectivity index (χ1) is 5.27. The molecule has 0 amide bonds. The maximum atomic E-state index is 4.09. The summed E-state index contributed by atoms with van der Waals surface area (Å²) in [6.07, 6.45) is 1.57. The van der Waals surface area contributed by atoms with E-state index in [1.807, 2.05) is 6.92 Å². The van der Waals surface area contributed by atoms with Crippen LogP contribution >= 0.6 is 22.6 Å². The highest BCUT2D eigenvalue weighted by molar-refractivity contribution is 14.1. The van der Waals surface area contributed by atoms with Crippen LogP contribution < -0.4 is 0 Å². The molecule has 0 radical (unpaired) electrons. The van der Waals surface area contributed by atoms with Gasteiger partial charge in [-0.2, -0.15) is 0 Å². The van der Waals surface area contributed by atoms with Gasteiger partial charge in [0.2, 0.25) is 0 Å². The lowest BCUT2D eigenvalue weighted by molar-refractivity contribution is 1.16. The number of hydrogen-bond donors (Lipinski definition) is 1. The van der Waals surface area contributed by atoms with Crippen molar-refractivity contribution in [1.29, 1.82) is 0 Å². The van der Waals surface area contributed by atoms with E-state index in [4.69, 9.17) is 0 Å². The Labute approximate surface area is 77.4 Å². The monoisotopic (exact) mass is 259 g/mol. The highest BCUT2D eigenvalue weighted by Crippen LogP contribution is 2.16. The highest BCUT2D eigenvalue weighted by Gasteiger charge is 2.01. The minimum Gasteiger partial charge on any atom is -0.343 e. The molecule has 0 aliphatic carbocycles. The number of aryl methyl sites for hydroxylation is 1. The molecule has 0 fully saturated rings. The Morgan fingerprint density at radius 2 is 2.27 bits per heavy atom. The second-order valence-corrected chi connectivity index (χ2v) is 3.40. The van der Waals surface area contributed by atoms with Gasteiger partial charge in [-0.15, -0.1) is 0 Å². The summed E-state index contributed by atoms with van der Waals surface area (Å²) in [7, 11) is 0. The van der Waals surface area contributed by atoms with Crippen molar-refractivity contribution in [3.8, 4) is 0 Å². The van der Waals surface area contributed by atoms with Crippen molar-refractivity contribution in [3.05, 3.63) is 21.8 Å². The van der Waals surface area contributed by atoms with Crippen LogP contribution in [0, 0.1) is 10.6 Å². The number of rotatable bonds is 0. The quantitative estimate of drug-likeness (QED) is 0.579. The van der Waals surface area contributed by atoms with Gasteiger partial charge in [-0.1, -0.05) is 0 Å². The van der Waals surface area contributed by atoms with Crippen molar-refractivity contribution < 1.29 is 0 Å². The molecule has 1 N–H and O–H groups in total. The number of H-pyrrole nitrogens is 1. The Morgan fingerprint density at radius 1 is 1.45 bits per heavy atom. The van der Waals surface area contributed by atoms with E-state index in [-0.39, 0.29) is 0 Å². The van der Waals surface area contributed by atoms with Crippen LogP contribution in [0.2, 0.25) is 0 Å². The summed E-state index contributed by atoms with van der Waals surface area (Å²) in [6, 6.07) is 2.05. The largest absolute Gasteiger partial charge is 0.343 e. The second kappa shape index (κ2) is 2.44. The van der Waals surface area contributed by atoms with Gasteiger partial charge in [-0.25, -0.2) is 9.97 Å². The fourth-order valence-electron chi connectivity index (χ4n) is 1.04. The molecule has 0 saturated carbocycles. The lowest BCUT2D eigenvalue weighted by Gasteiger charge is -1.88. The third-order valence-electron chi connectivity index (χ3n) is 1.51. The van der Waals surface area contributed by atoms with Crippen LogP contribution in [-0.4, -0.2) is 15.0 Å². The first kappa shape index (κ1) is 7.02. The molecule has 3 nitrogen and oxygen atoms in total. The third-order valence-corrected chi connectivity index (χ3v) is 2.37. The first-order valence-electron chi connectivity index (χ1n) is 3.23. The molecule has 0 aromatic carbocycles. The van der Waals surface area contributed by atoms with Crippen molar-refractivity contribution in [2.24, 2.45) is 0 Å². The molecule has 0 bridgehead atoms. The number of aromatic nitrogens is 3. The van der Waals surface area contributed by atoms with Crippen LogP contribution in [0.1, 0.15) is 5.69 Å². The second-order valence-electron chi connectivity index (χ2n) is 2.38. The molecule has 11 heavy (non-hydrogen) atoms. The minimum atomic E-state index is 0.918. The smallest absolute Gasteiger partial charge is 0.141 e. The van der Waals surface area contributed by atoms with Crippen LogP contribution in [0.25, 0.3) is 11.0 Å². The van der Waals surface area contributed by atoms with Crippen molar-refractivity contribution in [1.82, 2.24) is 15.0 Å². The van der Waals surface area contributed by atoms with Crippen molar-refractivity contribution >= 4 is 33.6 Å². The summed E-state index contributed by atoms with van der Waals surface area (Å²) in [5.74, 6) is 0. The van der Waals surface area contributed by atoms with Gasteiger partial charge in [0.15, 0.2) is 0 Å². The Balaban J connectivity index is 2.90. The lowest BCUT2D eigenvalue weighted by Crippen LogP contribution is -1.83. The van der Waals surface area contributed by atoms with Gasteiger partial charge < -0.3 is 4.98 Å². The Hall–Kier alpha value is -0.650.